The van der Waals surface area contributed by atoms with E-state index in [1.807, 2.05) is 24.3 Å². The zero-order valence-corrected chi connectivity index (χ0v) is 11.2. The molecule has 3 N–H and O–H groups in total. The van der Waals surface area contributed by atoms with Crippen LogP contribution < -0.4 is 11.1 Å². The molecule has 0 radical (unpaired) electrons. The van der Waals surface area contributed by atoms with Gasteiger partial charge >= 0.3 is 0 Å². The van der Waals surface area contributed by atoms with E-state index in [0.717, 1.165) is 10.0 Å². The standard InChI is InChI=1S/C13H13BrN2O2/c14-11-4-2-1-3-9(11)8-16-13(17)12-6-5-10(7-15)18-12/h1-6H,7-8,15H2,(H,16,17). The van der Waals surface area contributed by atoms with Crippen LogP contribution in [0.15, 0.2) is 45.3 Å². The molecule has 94 valence electrons. The quantitative estimate of drug-likeness (QED) is 0.911. The number of carbonyl (C=O) groups excluding carboxylic acids is 1. The number of hydrogen-bond acceptors (Lipinski definition) is 3. The van der Waals surface area contributed by atoms with Gasteiger partial charge in [0.05, 0.1) is 6.54 Å². The van der Waals surface area contributed by atoms with Gasteiger partial charge in [-0.05, 0) is 23.8 Å². The van der Waals surface area contributed by atoms with Crippen LogP contribution >= 0.6 is 15.9 Å². The molecule has 0 aliphatic heterocycles. The summed E-state index contributed by atoms with van der Waals surface area (Å²) in [7, 11) is 0. The van der Waals surface area contributed by atoms with E-state index < -0.39 is 0 Å². The SMILES string of the molecule is NCc1ccc(C(=O)NCc2ccccc2Br)o1. The highest BCUT2D eigenvalue weighted by molar-refractivity contribution is 9.10. The summed E-state index contributed by atoms with van der Waals surface area (Å²) in [5.41, 5.74) is 6.43. The topological polar surface area (TPSA) is 68.3 Å². The molecule has 0 bridgehead atoms. The van der Waals surface area contributed by atoms with Crippen LogP contribution in [0.5, 0.6) is 0 Å². The number of nitrogens with one attached hydrogen (secondary N) is 1. The number of halogens is 1. The zero-order chi connectivity index (χ0) is 13.0. The zero-order valence-electron chi connectivity index (χ0n) is 9.65. The number of hydrogen-bond donors (Lipinski definition) is 2. The van der Waals surface area contributed by atoms with Crippen LogP contribution in [0.1, 0.15) is 21.9 Å². The van der Waals surface area contributed by atoms with Crippen molar-refractivity contribution in [2.75, 3.05) is 0 Å². The number of amides is 1. The predicted octanol–water partition coefficient (Wildman–Crippen LogP) is 2.43. The Kier molecular flexibility index (Phi) is 4.17. The van der Waals surface area contributed by atoms with Crippen molar-refractivity contribution >= 4 is 21.8 Å². The maximum atomic E-state index is 11.8. The maximum absolute atomic E-state index is 11.8. The number of nitrogens with two attached hydrogens (primary N) is 1. The number of furan rings is 1. The Balaban J connectivity index is 1.98. The fourth-order valence-electron chi connectivity index (χ4n) is 1.51. The van der Waals surface area contributed by atoms with E-state index in [2.05, 4.69) is 21.2 Å². The van der Waals surface area contributed by atoms with E-state index >= 15 is 0 Å². The summed E-state index contributed by atoms with van der Waals surface area (Å²) >= 11 is 3.43. The van der Waals surface area contributed by atoms with Gasteiger partial charge in [0, 0.05) is 11.0 Å². The molecule has 0 fully saturated rings. The molecule has 0 aliphatic carbocycles. The van der Waals surface area contributed by atoms with Gasteiger partial charge in [0.2, 0.25) is 0 Å². The number of rotatable bonds is 4. The van der Waals surface area contributed by atoms with Gasteiger partial charge in [-0.2, -0.15) is 0 Å². The van der Waals surface area contributed by atoms with Crippen molar-refractivity contribution in [2.24, 2.45) is 5.73 Å². The van der Waals surface area contributed by atoms with Gasteiger partial charge in [-0.1, -0.05) is 34.1 Å². The van der Waals surface area contributed by atoms with Crippen molar-refractivity contribution < 1.29 is 9.21 Å². The Morgan fingerprint density at radius 3 is 2.72 bits per heavy atom. The Morgan fingerprint density at radius 1 is 1.28 bits per heavy atom. The Hall–Kier alpha value is -1.59. The van der Waals surface area contributed by atoms with Crippen molar-refractivity contribution in [3.05, 3.63) is 58.0 Å². The number of carbonyl (C=O) groups is 1. The van der Waals surface area contributed by atoms with Crippen LogP contribution in [-0.4, -0.2) is 5.91 Å². The highest BCUT2D eigenvalue weighted by Gasteiger charge is 2.10. The third-order valence-electron chi connectivity index (χ3n) is 2.48. The summed E-state index contributed by atoms with van der Waals surface area (Å²) in [6.45, 7) is 0.733. The van der Waals surface area contributed by atoms with Crippen LogP contribution in [0.4, 0.5) is 0 Å². The van der Waals surface area contributed by atoms with Gasteiger partial charge in [0.1, 0.15) is 5.76 Å². The third-order valence-corrected chi connectivity index (χ3v) is 3.26. The molecule has 2 aromatic rings. The molecule has 0 aliphatic rings. The van der Waals surface area contributed by atoms with Gasteiger partial charge in [0.15, 0.2) is 5.76 Å². The lowest BCUT2D eigenvalue weighted by atomic mass is 10.2. The van der Waals surface area contributed by atoms with E-state index in [0.29, 0.717) is 12.3 Å². The van der Waals surface area contributed by atoms with Gasteiger partial charge < -0.3 is 15.5 Å². The normalized spacial score (nSPS) is 10.3. The highest BCUT2D eigenvalue weighted by Crippen LogP contribution is 2.15. The lowest BCUT2D eigenvalue weighted by Crippen LogP contribution is -2.22. The minimum Gasteiger partial charge on any atom is -0.455 e. The highest BCUT2D eigenvalue weighted by atomic mass is 79.9. The van der Waals surface area contributed by atoms with Crippen LogP contribution in [0.3, 0.4) is 0 Å². The molecule has 0 saturated heterocycles. The van der Waals surface area contributed by atoms with Crippen molar-refractivity contribution in [1.82, 2.24) is 5.32 Å². The van der Waals surface area contributed by atoms with Crippen LogP contribution in [-0.2, 0) is 13.1 Å². The fourth-order valence-corrected chi connectivity index (χ4v) is 1.94. The summed E-state index contributed by atoms with van der Waals surface area (Å²) < 4.78 is 6.23. The molecule has 0 saturated carbocycles. The van der Waals surface area contributed by atoms with Crippen molar-refractivity contribution in [1.29, 1.82) is 0 Å². The average Bonchev–Trinajstić information content (AvgIpc) is 2.86. The van der Waals surface area contributed by atoms with Gasteiger partial charge in [-0.3, -0.25) is 4.79 Å². The molecular formula is C13H13BrN2O2. The predicted molar refractivity (Wildman–Crippen MR) is 71.9 cm³/mol. The second-order valence-electron chi connectivity index (χ2n) is 3.74. The minimum absolute atomic E-state index is 0.245. The van der Waals surface area contributed by atoms with Crippen molar-refractivity contribution in [2.45, 2.75) is 13.1 Å². The maximum Gasteiger partial charge on any atom is 0.287 e. The summed E-state index contributed by atoms with van der Waals surface area (Å²) in [6.07, 6.45) is 0. The van der Waals surface area contributed by atoms with Crippen LogP contribution in [0, 0.1) is 0 Å². The minimum atomic E-state index is -0.245. The Bertz CT molecular complexity index is 551. The molecule has 1 aromatic carbocycles. The Labute approximate surface area is 113 Å². The first kappa shape index (κ1) is 12.9. The molecule has 4 nitrogen and oxygen atoms in total. The summed E-state index contributed by atoms with van der Waals surface area (Å²) in [6, 6.07) is 11.0. The van der Waals surface area contributed by atoms with Gasteiger partial charge in [0.25, 0.3) is 5.91 Å². The molecule has 0 spiro atoms. The second kappa shape index (κ2) is 5.84. The number of benzene rings is 1. The van der Waals surface area contributed by atoms with Crippen molar-refractivity contribution in [3.63, 3.8) is 0 Å². The largest absolute Gasteiger partial charge is 0.455 e. The van der Waals surface area contributed by atoms with E-state index in [1.54, 1.807) is 12.1 Å². The molecule has 1 heterocycles. The van der Waals surface area contributed by atoms with E-state index in [9.17, 15) is 4.79 Å². The first-order chi connectivity index (χ1) is 8.70. The third kappa shape index (κ3) is 3.00. The van der Waals surface area contributed by atoms with Crippen LogP contribution in [0.25, 0.3) is 0 Å². The summed E-state index contributed by atoms with van der Waals surface area (Å²) in [5.74, 6) is 0.633. The lowest BCUT2D eigenvalue weighted by molar-refractivity contribution is 0.0921. The van der Waals surface area contributed by atoms with E-state index in [4.69, 9.17) is 10.2 Å². The van der Waals surface area contributed by atoms with Gasteiger partial charge in [-0.25, -0.2) is 0 Å². The first-order valence-corrected chi connectivity index (χ1v) is 6.30. The van der Waals surface area contributed by atoms with Crippen molar-refractivity contribution in [3.8, 4) is 0 Å². The summed E-state index contributed by atoms with van der Waals surface area (Å²) in [4.78, 5) is 11.8. The first-order valence-electron chi connectivity index (χ1n) is 5.51. The Morgan fingerprint density at radius 2 is 2.06 bits per heavy atom. The molecule has 1 aromatic heterocycles. The average molecular weight is 309 g/mol. The molecule has 1 amide bonds. The molecule has 5 heteroatoms. The molecule has 2 rings (SSSR count). The molecule has 0 atom stereocenters. The van der Waals surface area contributed by atoms with Gasteiger partial charge in [-0.15, -0.1) is 0 Å². The monoisotopic (exact) mass is 308 g/mol. The molecular weight excluding hydrogens is 296 g/mol. The smallest absolute Gasteiger partial charge is 0.287 e. The summed E-state index contributed by atoms with van der Waals surface area (Å²) in [5, 5.41) is 2.79. The molecule has 18 heavy (non-hydrogen) atoms. The van der Waals surface area contributed by atoms with Crippen LogP contribution in [0.2, 0.25) is 0 Å². The second-order valence-corrected chi connectivity index (χ2v) is 4.60. The lowest BCUT2D eigenvalue weighted by Gasteiger charge is -2.05. The van der Waals surface area contributed by atoms with E-state index in [1.165, 1.54) is 0 Å². The van der Waals surface area contributed by atoms with E-state index in [-0.39, 0.29) is 18.2 Å². The molecule has 0 unspecified atom stereocenters. The fraction of sp³-hybridized carbons (Fsp3) is 0.154.